The molecule has 2 N–H and O–H groups in total. The van der Waals surface area contributed by atoms with Crippen LogP contribution in [0.5, 0.6) is 5.75 Å². The lowest BCUT2D eigenvalue weighted by Gasteiger charge is -2.36. The Balaban J connectivity index is 2.00. The second kappa shape index (κ2) is 4.51. The molecule has 5 heteroatoms. The molecule has 0 saturated carbocycles. The lowest BCUT2D eigenvalue weighted by Crippen LogP contribution is -2.61. The van der Waals surface area contributed by atoms with Crippen molar-refractivity contribution in [3.05, 3.63) is 24.3 Å². The van der Waals surface area contributed by atoms with Gasteiger partial charge in [-0.25, -0.2) is 0 Å². The van der Waals surface area contributed by atoms with E-state index in [0.717, 1.165) is 5.69 Å². The number of nitrogens with zero attached hydrogens (tertiary/aromatic N) is 1. The lowest BCUT2D eigenvalue weighted by atomic mass is 10.1. The summed E-state index contributed by atoms with van der Waals surface area (Å²) in [6.07, 6.45) is 0. The van der Waals surface area contributed by atoms with Crippen LogP contribution in [0.3, 0.4) is 0 Å². The predicted octanol–water partition coefficient (Wildman–Crippen LogP) is 0.343. The number of amides is 1. The molecule has 1 fully saturated rings. The highest BCUT2D eigenvalue weighted by atomic mass is 16.7. The normalized spacial score (nSPS) is 19.5. The van der Waals surface area contributed by atoms with Crippen molar-refractivity contribution in [2.75, 3.05) is 25.3 Å². The molecule has 0 bridgehead atoms. The van der Waals surface area contributed by atoms with Gasteiger partial charge in [0.15, 0.2) is 6.79 Å². The van der Waals surface area contributed by atoms with E-state index in [1.165, 1.54) is 0 Å². The Morgan fingerprint density at radius 1 is 1.44 bits per heavy atom. The van der Waals surface area contributed by atoms with Gasteiger partial charge in [0.2, 0.25) is 5.91 Å². The van der Waals surface area contributed by atoms with E-state index in [0.29, 0.717) is 12.3 Å². The quantitative estimate of drug-likeness (QED) is 0.589. The Labute approximate surface area is 93.7 Å². The van der Waals surface area contributed by atoms with Crippen molar-refractivity contribution >= 4 is 11.6 Å². The van der Waals surface area contributed by atoms with E-state index in [2.05, 4.69) is 0 Å². The lowest BCUT2D eigenvalue weighted by molar-refractivity contribution is -0.123. The number of benzene rings is 1. The molecule has 0 aromatic heterocycles. The number of hydrogen-bond donors (Lipinski definition) is 1. The van der Waals surface area contributed by atoms with Gasteiger partial charge in [-0.1, -0.05) is 0 Å². The summed E-state index contributed by atoms with van der Waals surface area (Å²) in [6.45, 7) is 0.796. The second-order valence-corrected chi connectivity index (χ2v) is 3.60. The number of methoxy groups -OCH3 is 1. The van der Waals surface area contributed by atoms with E-state index in [9.17, 15) is 4.79 Å². The van der Waals surface area contributed by atoms with Crippen molar-refractivity contribution < 1.29 is 14.3 Å². The van der Waals surface area contributed by atoms with Crippen LogP contribution in [-0.4, -0.2) is 32.4 Å². The smallest absolute Gasteiger partial charge is 0.245 e. The minimum atomic E-state index is -0.343. The number of carbonyl (C=O) groups excluding carboxylic acids is 1. The van der Waals surface area contributed by atoms with Crippen molar-refractivity contribution in [3.8, 4) is 5.75 Å². The van der Waals surface area contributed by atoms with Crippen molar-refractivity contribution in [1.82, 2.24) is 0 Å². The maximum atomic E-state index is 11.4. The number of carbonyl (C=O) groups is 1. The maximum Gasteiger partial charge on any atom is 0.245 e. The van der Waals surface area contributed by atoms with Gasteiger partial charge < -0.3 is 20.1 Å². The molecule has 2 rings (SSSR count). The fourth-order valence-corrected chi connectivity index (χ4v) is 1.53. The Morgan fingerprint density at radius 3 is 2.62 bits per heavy atom. The highest BCUT2D eigenvalue weighted by molar-refractivity contribution is 6.03. The number of nitrogens with two attached hydrogens (primary N) is 1. The van der Waals surface area contributed by atoms with Gasteiger partial charge in [0.1, 0.15) is 11.8 Å². The van der Waals surface area contributed by atoms with Crippen molar-refractivity contribution in [2.24, 2.45) is 5.73 Å². The first-order valence-electron chi connectivity index (χ1n) is 5.01. The average Bonchev–Trinajstić information content (AvgIpc) is 2.34. The third-order valence-electron chi connectivity index (χ3n) is 2.45. The minimum Gasteiger partial charge on any atom is -0.468 e. The van der Waals surface area contributed by atoms with Gasteiger partial charge in [-0.05, 0) is 24.3 Å². The Bertz CT molecular complexity index is 377. The van der Waals surface area contributed by atoms with Gasteiger partial charge in [-0.2, -0.15) is 0 Å². The van der Waals surface area contributed by atoms with Gasteiger partial charge in [0, 0.05) is 12.8 Å². The molecule has 86 valence electrons. The SMILES string of the molecule is COCOc1ccc(N2CC(N)C2=O)cc1. The molecule has 1 atom stereocenters. The Hall–Kier alpha value is -1.59. The monoisotopic (exact) mass is 222 g/mol. The average molecular weight is 222 g/mol. The first kappa shape index (κ1) is 10.9. The summed E-state index contributed by atoms with van der Waals surface area (Å²) >= 11 is 0. The third-order valence-corrected chi connectivity index (χ3v) is 2.45. The minimum absolute atomic E-state index is 0.0365. The third kappa shape index (κ3) is 2.00. The highest BCUT2D eigenvalue weighted by Crippen LogP contribution is 2.23. The van der Waals surface area contributed by atoms with E-state index in [-0.39, 0.29) is 18.7 Å². The molecule has 0 aliphatic carbocycles. The molecule has 1 aliphatic heterocycles. The van der Waals surface area contributed by atoms with Crippen molar-refractivity contribution in [3.63, 3.8) is 0 Å². The van der Waals surface area contributed by atoms with E-state index >= 15 is 0 Å². The zero-order chi connectivity index (χ0) is 11.5. The van der Waals surface area contributed by atoms with Crippen LogP contribution < -0.4 is 15.4 Å². The largest absolute Gasteiger partial charge is 0.468 e. The standard InChI is InChI=1S/C11H14N2O3/c1-15-7-16-9-4-2-8(3-5-9)13-6-10(12)11(13)14/h2-5,10H,6-7,12H2,1H3. The van der Waals surface area contributed by atoms with E-state index in [1.54, 1.807) is 24.1 Å². The number of anilines is 1. The summed E-state index contributed by atoms with van der Waals surface area (Å²) in [5, 5.41) is 0. The molecule has 16 heavy (non-hydrogen) atoms. The Morgan fingerprint density at radius 2 is 2.12 bits per heavy atom. The second-order valence-electron chi connectivity index (χ2n) is 3.60. The zero-order valence-corrected chi connectivity index (χ0v) is 9.05. The first-order chi connectivity index (χ1) is 7.72. The van der Waals surface area contributed by atoms with Crippen LogP contribution in [0.25, 0.3) is 0 Å². The summed E-state index contributed by atoms with van der Waals surface area (Å²) in [7, 11) is 1.56. The van der Waals surface area contributed by atoms with Crippen LogP contribution >= 0.6 is 0 Å². The molecule has 1 aromatic carbocycles. The number of hydrogen-bond acceptors (Lipinski definition) is 4. The van der Waals surface area contributed by atoms with Crippen LogP contribution in [-0.2, 0) is 9.53 Å². The fraction of sp³-hybridized carbons (Fsp3) is 0.364. The summed E-state index contributed by atoms with van der Waals surface area (Å²) in [5.41, 5.74) is 6.36. The topological polar surface area (TPSA) is 64.8 Å². The van der Waals surface area contributed by atoms with Crippen LogP contribution in [0.4, 0.5) is 5.69 Å². The zero-order valence-electron chi connectivity index (χ0n) is 9.05. The molecule has 0 spiro atoms. The predicted molar refractivity (Wildman–Crippen MR) is 59.3 cm³/mol. The van der Waals surface area contributed by atoms with Crippen LogP contribution in [0.2, 0.25) is 0 Å². The fourth-order valence-electron chi connectivity index (χ4n) is 1.53. The summed E-state index contributed by atoms with van der Waals surface area (Å²) in [6, 6.07) is 6.91. The molecular weight excluding hydrogens is 208 g/mol. The molecule has 1 aliphatic rings. The summed E-state index contributed by atoms with van der Waals surface area (Å²) < 4.78 is 10.0. The molecule has 0 radical (unpaired) electrons. The maximum absolute atomic E-state index is 11.4. The van der Waals surface area contributed by atoms with Crippen molar-refractivity contribution in [2.45, 2.75) is 6.04 Å². The van der Waals surface area contributed by atoms with Crippen LogP contribution in [0.1, 0.15) is 0 Å². The van der Waals surface area contributed by atoms with Crippen molar-refractivity contribution in [1.29, 1.82) is 0 Å². The van der Waals surface area contributed by atoms with Crippen LogP contribution in [0, 0.1) is 0 Å². The van der Waals surface area contributed by atoms with Gasteiger partial charge in [-0.15, -0.1) is 0 Å². The number of ether oxygens (including phenoxy) is 2. The first-order valence-corrected chi connectivity index (χ1v) is 5.01. The summed E-state index contributed by atoms with van der Waals surface area (Å²) in [5.74, 6) is 0.674. The molecule has 1 saturated heterocycles. The number of β-lactam (4-membered cyclic amide) rings is 1. The highest BCUT2D eigenvalue weighted by Gasteiger charge is 2.34. The van der Waals surface area contributed by atoms with E-state index in [4.69, 9.17) is 15.2 Å². The van der Waals surface area contributed by atoms with E-state index in [1.807, 2.05) is 12.1 Å². The molecular formula is C11H14N2O3. The van der Waals surface area contributed by atoms with Crippen LogP contribution in [0.15, 0.2) is 24.3 Å². The van der Waals surface area contributed by atoms with Gasteiger partial charge in [0.25, 0.3) is 0 Å². The summed E-state index contributed by atoms with van der Waals surface area (Å²) in [4.78, 5) is 13.0. The van der Waals surface area contributed by atoms with Gasteiger partial charge in [-0.3, -0.25) is 4.79 Å². The molecule has 5 nitrogen and oxygen atoms in total. The molecule has 1 unspecified atom stereocenters. The van der Waals surface area contributed by atoms with Gasteiger partial charge in [0.05, 0.1) is 6.54 Å². The van der Waals surface area contributed by atoms with E-state index < -0.39 is 0 Å². The molecule has 1 heterocycles. The Kier molecular flexibility index (Phi) is 3.07. The van der Waals surface area contributed by atoms with Gasteiger partial charge >= 0.3 is 0 Å². The molecule has 1 aromatic rings. The number of rotatable bonds is 4. The molecule has 1 amide bonds.